The van der Waals surface area contributed by atoms with Crippen molar-refractivity contribution in [1.29, 1.82) is 0 Å². The summed E-state index contributed by atoms with van der Waals surface area (Å²) in [4.78, 5) is 12.5. The minimum Gasteiger partial charge on any atom is -0.425 e. The van der Waals surface area contributed by atoms with Gasteiger partial charge >= 0.3 is 5.97 Å². The van der Waals surface area contributed by atoms with Crippen LogP contribution in [0.25, 0.3) is 0 Å². The molecule has 0 unspecified atom stereocenters. The summed E-state index contributed by atoms with van der Waals surface area (Å²) in [5.41, 5.74) is 2.30. The second-order valence-electron chi connectivity index (χ2n) is 9.52. The molecule has 5 aliphatic rings. The number of carbonyl (C=O) groups is 1. The van der Waals surface area contributed by atoms with Gasteiger partial charge in [0.05, 0.1) is 6.61 Å². The Hall–Kier alpha value is -1.29. The van der Waals surface area contributed by atoms with E-state index in [2.05, 4.69) is 13.5 Å². The number of aliphatic hydroxyl groups excluding tert-OH is 4. The highest BCUT2D eigenvalue weighted by atomic mass is 16.8. The third-order valence-corrected chi connectivity index (χ3v) is 8.01. The molecular weight excluding hydrogens is 380 g/mol. The van der Waals surface area contributed by atoms with Crippen LogP contribution in [0.2, 0.25) is 0 Å². The van der Waals surface area contributed by atoms with Crippen molar-refractivity contribution in [3.8, 4) is 0 Å². The molecule has 0 amide bonds. The number of carbonyl (C=O) groups excluding carboxylic acids is 1. The minimum atomic E-state index is -1.56. The van der Waals surface area contributed by atoms with Gasteiger partial charge in [-0.15, -0.1) is 0 Å². The highest BCUT2D eigenvalue weighted by Crippen LogP contribution is 2.73. The molecule has 4 N–H and O–H groups in total. The average molecular weight is 408 g/mol. The van der Waals surface area contributed by atoms with Crippen LogP contribution in [-0.2, 0) is 19.0 Å². The van der Waals surface area contributed by atoms with Crippen molar-refractivity contribution in [2.45, 2.75) is 69.6 Å². The normalized spacial score (nSPS) is 53.4. The van der Waals surface area contributed by atoms with Crippen LogP contribution >= 0.6 is 0 Å². The topological polar surface area (TPSA) is 126 Å². The first-order chi connectivity index (χ1) is 13.6. The summed E-state index contributed by atoms with van der Waals surface area (Å²) >= 11 is 0. The lowest BCUT2D eigenvalue weighted by Crippen LogP contribution is -2.62. The van der Waals surface area contributed by atoms with Crippen LogP contribution in [0.5, 0.6) is 0 Å². The van der Waals surface area contributed by atoms with Crippen LogP contribution in [-0.4, -0.2) is 69.5 Å². The molecule has 3 aliphatic carbocycles. The van der Waals surface area contributed by atoms with E-state index in [9.17, 15) is 25.2 Å². The van der Waals surface area contributed by atoms with Crippen molar-refractivity contribution in [2.24, 2.45) is 23.2 Å². The Morgan fingerprint density at radius 2 is 1.97 bits per heavy atom. The first kappa shape index (κ1) is 19.7. The second kappa shape index (κ2) is 6.12. The molecule has 0 aromatic rings. The van der Waals surface area contributed by atoms with Gasteiger partial charge in [0.15, 0.2) is 6.29 Å². The van der Waals surface area contributed by atoms with Gasteiger partial charge in [-0.25, -0.2) is 4.79 Å². The van der Waals surface area contributed by atoms with Gasteiger partial charge in [-0.3, -0.25) is 0 Å². The molecule has 10 atom stereocenters. The monoisotopic (exact) mass is 408 g/mol. The van der Waals surface area contributed by atoms with Crippen molar-refractivity contribution < 1.29 is 39.4 Å². The van der Waals surface area contributed by atoms with Crippen molar-refractivity contribution in [1.82, 2.24) is 0 Å². The van der Waals surface area contributed by atoms with Gasteiger partial charge in [0.2, 0.25) is 5.79 Å². The molecule has 0 aromatic carbocycles. The zero-order valence-corrected chi connectivity index (χ0v) is 16.6. The Bertz CT molecular complexity index is 805. The molecule has 160 valence electrons. The van der Waals surface area contributed by atoms with E-state index in [0.717, 1.165) is 12.0 Å². The summed E-state index contributed by atoms with van der Waals surface area (Å²) in [6, 6.07) is 0. The summed E-state index contributed by atoms with van der Waals surface area (Å²) in [5, 5.41) is 40.0. The number of fused-ring (bicyclic) bond motifs is 4. The number of aliphatic hydroxyl groups is 4. The van der Waals surface area contributed by atoms with Crippen molar-refractivity contribution in [3.05, 3.63) is 23.3 Å². The maximum atomic E-state index is 12.5. The van der Waals surface area contributed by atoms with Crippen molar-refractivity contribution in [3.63, 3.8) is 0 Å². The number of hydrogen-bond donors (Lipinski definition) is 4. The molecular formula is C21H28O8. The molecule has 3 saturated carbocycles. The summed E-state index contributed by atoms with van der Waals surface area (Å²) in [7, 11) is 0. The molecule has 0 spiro atoms. The molecule has 1 saturated heterocycles. The fourth-order valence-electron chi connectivity index (χ4n) is 6.24. The first-order valence-corrected chi connectivity index (χ1v) is 10.2. The molecule has 8 nitrogen and oxygen atoms in total. The molecule has 0 aromatic heterocycles. The van der Waals surface area contributed by atoms with Crippen LogP contribution < -0.4 is 0 Å². The van der Waals surface area contributed by atoms with E-state index in [1.807, 2.05) is 0 Å². The third-order valence-electron chi connectivity index (χ3n) is 8.01. The number of hydrogen-bond acceptors (Lipinski definition) is 8. The van der Waals surface area contributed by atoms with Gasteiger partial charge in [-0.1, -0.05) is 19.1 Å². The van der Waals surface area contributed by atoms with E-state index < -0.39 is 49.1 Å². The third kappa shape index (κ3) is 2.50. The van der Waals surface area contributed by atoms with E-state index >= 15 is 0 Å². The van der Waals surface area contributed by atoms with E-state index in [0.29, 0.717) is 30.3 Å². The van der Waals surface area contributed by atoms with Gasteiger partial charge < -0.3 is 34.6 Å². The largest absolute Gasteiger partial charge is 0.425 e. The molecule has 4 fully saturated rings. The van der Waals surface area contributed by atoms with E-state index in [1.165, 1.54) is 5.57 Å². The van der Waals surface area contributed by atoms with Crippen molar-refractivity contribution in [2.75, 3.05) is 6.61 Å². The fraction of sp³-hybridized carbons (Fsp3) is 0.762. The number of ether oxygens (including phenoxy) is 3. The molecule has 2 heterocycles. The lowest BCUT2D eigenvalue weighted by molar-refractivity contribution is -0.359. The molecule has 8 heteroatoms. The SMILES string of the molecule is C=C1[C@H]2C[C@H]2[C@]2(C)C[C@]3(O[C@@H]4O[C@H](CO)[C@@H](O)[C@H](O)[C@H]4O)OC(=O)C(C)=C3C[C@@H]12. The van der Waals surface area contributed by atoms with Gasteiger partial charge in [0, 0.05) is 17.6 Å². The highest BCUT2D eigenvalue weighted by Gasteiger charge is 2.70. The molecule has 29 heavy (non-hydrogen) atoms. The lowest BCUT2D eigenvalue weighted by atomic mass is 9.62. The van der Waals surface area contributed by atoms with E-state index in [4.69, 9.17) is 14.2 Å². The first-order valence-electron chi connectivity index (χ1n) is 10.2. The minimum absolute atomic E-state index is 0.149. The summed E-state index contributed by atoms with van der Waals surface area (Å²) in [5.74, 6) is -0.637. The Morgan fingerprint density at radius 3 is 2.66 bits per heavy atom. The predicted molar refractivity (Wildman–Crippen MR) is 97.9 cm³/mol. The zero-order valence-electron chi connectivity index (χ0n) is 16.6. The Balaban J connectivity index is 1.49. The standard InChI is InChI=1S/C21H28O8/c1-8-10-4-13(10)20(3)7-21(12(5-11(8)20)9(2)18(26)28-21)29-19-17(25)16(24)15(23)14(6-22)27-19/h10-11,13-17,19,22-25H,1,4-7H2,2-3H3/t10-,11+,13-,14-,15-,16+,17-,19+,20-,21-/m1/s1. The summed E-state index contributed by atoms with van der Waals surface area (Å²) < 4.78 is 17.4. The Kier molecular flexibility index (Phi) is 4.15. The number of rotatable bonds is 3. The maximum absolute atomic E-state index is 12.5. The maximum Gasteiger partial charge on any atom is 0.336 e. The summed E-state index contributed by atoms with van der Waals surface area (Å²) in [6.07, 6.45) is -4.96. The molecule has 0 bridgehead atoms. The van der Waals surface area contributed by atoms with Gasteiger partial charge in [0.25, 0.3) is 0 Å². The second-order valence-corrected chi connectivity index (χ2v) is 9.52. The van der Waals surface area contributed by atoms with Crippen molar-refractivity contribution >= 4 is 5.97 Å². The summed E-state index contributed by atoms with van der Waals surface area (Å²) in [6.45, 7) is 7.64. The number of esters is 1. The Labute approximate surface area is 168 Å². The molecule has 5 rings (SSSR count). The van der Waals surface area contributed by atoms with Gasteiger partial charge in [0.1, 0.15) is 24.4 Å². The fourth-order valence-corrected chi connectivity index (χ4v) is 6.24. The Morgan fingerprint density at radius 1 is 1.24 bits per heavy atom. The van der Waals surface area contributed by atoms with Crippen LogP contribution in [0.1, 0.15) is 33.1 Å². The zero-order chi connectivity index (χ0) is 20.9. The van der Waals surface area contributed by atoms with Gasteiger partial charge in [-0.2, -0.15) is 0 Å². The van der Waals surface area contributed by atoms with E-state index in [-0.39, 0.29) is 11.3 Å². The quantitative estimate of drug-likeness (QED) is 0.292. The number of allylic oxidation sites excluding steroid dienone is 1. The van der Waals surface area contributed by atoms with E-state index in [1.54, 1.807) is 6.92 Å². The smallest absolute Gasteiger partial charge is 0.336 e. The molecule has 2 aliphatic heterocycles. The van der Waals surface area contributed by atoms with Crippen LogP contribution in [0.4, 0.5) is 0 Å². The lowest BCUT2D eigenvalue weighted by Gasteiger charge is -2.50. The van der Waals surface area contributed by atoms with Gasteiger partial charge in [-0.05, 0) is 42.9 Å². The van der Waals surface area contributed by atoms with Crippen LogP contribution in [0.15, 0.2) is 23.3 Å². The molecule has 0 radical (unpaired) electrons. The van der Waals surface area contributed by atoms with Crippen LogP contribution in [0, 0.1) is 23.2 Å². The van der Waals surface area contributed by atoms with Crippen LogP contribution in [0.3, 0.4) is 0 Å². The predicted octanol–water partition coefficient (Wildman–Crippen LogP) is -0.00530. The highest BCUT2D eigenvalue weighted by molar-refractivity contribution is 5.92. The average Bonchev–Trinajstić information content (AvgIpc) is 3.41.